The van der Waals surface area contributed by atoms with E-state index in [0.29, 0.717) is 6.54 Å². The maximum absolute atomic E-state index is 10.6. The van der Waals surface area contributed by atoms with Gasteiger partial charge >= 0.3 is 0 Å². The van der Waals surface area contributed by atoms with Gasteiger partial charge in [0.1, 0.15) is 0 Å². The molecule has 0 atom stereocenters. The highest BCUT2D eigenvalue weighted by Gasteiger charge is 1.97. The average molecular weight is 239 g/mol. The molecule has 1 heterocycles. The van der Waals surface area contributed by atoms with Gasteiger partial charge in [0.05, 0.1) is 24.8 Å². The van der Waals surface area contributed by atoms with Crippen LogP contribution < -0.4 is 5.32 Å². The van der Waals surface area contributed by atoms with Gasteiger partial charge in [-0.15, -0.1) is 0 Å². The van der Waals surface area contributed by atoms with Crippen LogP contribution in [0.3, 0.4) is 0 Å². The molecule has 0 aliphatic rings. The second-order valence-electron chi connectivity index (χ2n) is 3.75. The highest BCUT2D eigenvalue weighted by Crippen LogP contribution is 2.15. The summed E-state index contributed by atoms with van der Waals surface area (Å²) in [4.78, 5) is 17.7. The van der Waals surface area contributed by atoms with E-state index in [4.69, 9.17) is 0 Å². The van der Waals surface area contributed by atoms with Crippen molar-refractivity contribution >= 4 is 5.91 Å². The summed E-state index contributed by atoms with van der Waals surface area (Å²) in [6.45, 7) is 1.85. The van der Waals surface area contributed by atoms with Gasteiger partial charge < -0.3 is 10.3 Å². The Balaban J connectivity index is 2.02. The lowest BCUT2D eigenvalue weighted by Gasteiger charge is -1.97. The maximum atomic E-state index is 10.6. The van der Waals surface area contributed by atoms with Gasteiger partial charge in [-0.3, -0.25) is 4.79 Å². The molecule has 2 N–H and O–H groups in total. The number of carbonyl (C=O) groups excluding carboxylic acids is 1. The smallest absolute Gasteiger partial charge is 0.217 e. The van der Waals surface area contributed by atoms with Crippen LogP contribution in [0.5, 0.6) is 0 Å². The van der Waals surface area contributed by atoms with Crippen molar-refractivity contribution < 1.29 is 4.79 Å². The first kappa shape index (κ1) is 11.9. The molecule has 18 heavy (non-hydrogen) atoms. The molecule has 1 amide bonds. The van der Waals surface area contributed by atoms with Gasteiger partial charge in [0.2, 0.25) is 5.91 Å². The lowest BCUT2D eigenvalue weighted by molar-refractivity contribution is -0.118. The van der Waals surface area contributed by atoms with Crippen molar-refractivity contribution in [2.75, 3.05) is 6.54 Å². The molecule has 0 fully saturated rings. The zero-order valence-electron chi connectivity index (χ0n) is 10.0. The van der Waals surface area contributed by atoms with Crippen LogP contribution in [0.2, 0.25) is 0 Å². The molecular formula is C14H13N3O. The van der Waals surface area contributed by atoms with E-state index in [1.165, 1.54) is 6.92 Å². The van der Waals surface area contributed by atoms with Crippen molar-refractivity contribution in [2.45, 2.75) is 6.92 Å². The largest absolute Gasteiger partial charge is 0.345 e. The molecule has 4 heteroatoms. The number of amides is 1. The molecule has 0 aliphatic heterocycles. The SMILES string of the molecule is CC(=O)NCC#Cc1ccc(-c2cnc[nH]2)cc1. The number of H-pyrrole nitrogens is 1. The van der Waals surface area contributed by atoms with Gasteiger partial charge in [-0.25, -0.2) is 4.98 Å². The molecule has 2 rings (SSSR count). The van der Waals surface area contributed by atoms with Crippen molar-refractivity contribution in [2.24, 2.45) is 0 Å². The van der Waals surface area contributed by atoms with Crippen LogP contribution in [0.25, 0.3) is 11.3 Å². The normalized spacial score (nSPS) is 9.39. The molecule has 1 aromatic heterocycles. The number of imidazole rings is 1. The summed E-state index contributed by atoms with van der Waals surface area (Å²) in [6.07, 6.45) is 3.42. The number of nitrogens with one attached hydrogen (secondary N) is 2. The van der Waals surface area contributed by atoms with Gasteiger partial charge in [0.15, 0.2) is 0 Å². The molecule has 0 unspecified atom stereocenters. The Morgan fingerprint density at radius 3 is 2.78 bits per heavy atom. The number of rotatable bonds is 2. The molecule has 4 nitrogen and oxygen atoms in total. The summed E-state index contributed by atoms with van der Waals surface area (Å²) in [5.41, 5.74) is 2.97. The van der Waals surface area contributed by atoms with Crippen LogP contribution in [-0.4, -0.2) is 22.4 Å². The van der Waals surface area contributed by atoms with E-state index < -0.39 is 0 Å². The molecule has 0 bridgehead atoms. The first-order chi connectivity index (χ1) is 8.75. The number of carbonyl (C=O) groups is 1. The quantitative estimate of drug-likeness (QED) is 0.781. The van der Waals surface area contributed by atoms with Gasteiger partial charge in [0.25, 0.3) is 0 Å². The summed E-state index contributed by atoms with van der Waals surface area (Å²) in [5.74, 6) is 5.80. The summed E-state index contributed by atoms with van der Waals surface area (Å²) in [5, 5.41) is 2.62. The van der Waals surface area contributed by atoms with Crippen molar-refractivity contribution in [3.8, 4) is 23.1 Å². The van der Waals surface area contributed by atoms with E-state index in [1.807, 2.05) is 24.3 Å². The minimum Gasteiger partial charge on any atom is -0.345 e. The van der Waals surface area contributed by atoms with Gasteiger partial charge in [-0.1, -0.05) is 24.0 Å². The first-order valence-corrected chi connectivity index (χ1v) is 5.58. The summed E-state index contributed by atoms with van der Waals surface area (Å²) in [6, 6.07) is 7.85. The lowest BCUT2D eigenvalue weighted by atomic mass is 10.1. The van der Waals surface area contributed by atoms with Gasteiger partial charge in [-0.2, -0.15) is 0 Å². The summed E-state index contributed by atoms with van der Waals surface area (Å²) in [7, 11) is 0. The zero-order valence-corrected chi connectivity index (χ0v) is 10.0. The Labute approximate surface area is 105 Å². The second kappa shape index (κ2) is 5.69. The molecule has 0 saturated heterocycles. The fourth-order valence-electron chi connectivity index (χ4n) is 1.46. The van der Waals surface area contributed by atoms with Crippen molar-refractivity contribution in [1.82, 2.24) is 15.3 Å². The van der Waals surface area contributed by atoms with E-state index in [0.717, 1.165) is 16.8 Å². The highest BCUT2D eigenvalue weighted by molar-refractivity contribution is 5.73. The fraction of sp³-hybridized carbons (Fsp3) is 0.143. The Hall–Kier alpha value is -2.54. The van der Waals surface area contributed by atoms with E-state index >= 15 is 0 Å². The Morgan fingerprint density at radius 2 is 2.17 bits per heavy atom. The molecule has 2 aromatic rings. The second-order valence-corrected chi connectivity index (χ2v) is 3.75. The van der Waals surface area contributed by atoms with Gasteiger partial charge in [-0.05, 0) is 17.7 Å². The van der Waals surface area contributed by atoms with Crippen molar-refractivity contribution in [3.63, 3.8) is 0 Å². The third kappa shape index (κ3) is 3.22. The minimum atomic E-state index is -0.0705. The predicted octanol–water partition coefficient (Wildman–Crippen LogP) is 1.56. The molecule has 0 radical (unpaired) electrons. The summed E-state index contributed by atoms with van der Waals surface area (Å²) < 4.78 is 0. The van der Waals surface area contributed by atoms with Crippen molar-refractivity contribution in [1.29, 1.82) is 0 Å². The number of nitrogens with zero attached hydrogens (tertiary/aromatic N) is 1. The molecule has 0 saturated carbocycles. The Bertz CT molecular complexity index is 574. The number of hydrogen-bond acceptors (Lipinski definition) is 2. The topological polar surface area (TPSA) is 57.8 Å². The van der Waals surface area contributed by atoms with Crippen LogP contribution in [0, 0.1) is 11.8 Å². The first-order valence-electron chi connectivity index (χ1n) is 5.58. The number of hydrogen-bond donors (Lipinski definition) is 2. The monoisotopic (exact) mass is 239 g/mol. The van der Waals surface area contributed by atoms with E-state index in [-0.39, 0.29) is 5.91 Å². The van der Waals surface area contributed by atoms with Gasteiger partial charge in [0, 0.05) is 12.5 Å². The number of benzene rings is 1. The van der Waals surface area contributed by atoms with Crippen LogP contribution in [0.15, 0.2) is 36.8 Å². The molecule has 0 spiro atoms. The minimum absolute atomic E-state index is 0.0705. The maximum Gasteiger partial charge on any atom is 0.217 e. The predicted molar refractivity (Wildman–Crippen MR) is 69.6 cm³/mol. The molecule has 1 aromatic carbocycles. The fourth-order valence-corrected chi connectivity index (χ4v) is 1.46. The van der Waals surface area contributed by atoms with Crippen LogP contribution >= 0.6 is 0 Å². The average Bonchev–Trinajstić information content (AvgIpc) is 2.89. The Morgan fingerprint density at radius 1 is 1.39 bits per heavy atom. The molecule has 0 aliphatic carbocycles. The highest BCUT2D eigenvalue weighted by atomic mass is 16.1. The Kier molecular flexibility index (Phi) is 3.77. The summed E-state index contributed by atoms with van der Waals surface area (Å²) >= 11 is 0. The molecule has 90 valence electrons. The third-order valence-electron chi connectivity index (χ3n) is 2.35. The van der Waals surface area contributed by atoms with Crippen LogP contribution in [0.1, 0.15) is 12.5 Å². The lowest BCUT2D eigenvalue weighted by Crippen LogP contribution is -2.19. The number of aromatic nitrogens is 2. The van der Waals surface area contributed by atoms with E-state index in [2.05, 4.69) is 27.1 Å². The van der Waals surface area contributed by atoms with E-state index in [1.54, 1.807) is 12.5 Å². The van der Waals surface area contributed by atoms with Crippen molar-refractivity contribution in [3.05, 3.63) is 42.4 Å². The standard InChI is InChI=1S/C14H13N3O/c1-11(18)16-8-2-3-12-4-6-13(7-5-12)14-9-15-10-17-14/h4-7,9-10H,8H2,1H3,(H,15,17)(H,16,18). The third-order valence-corrected chi connectivity index (χ3v) is 2.35. The zero-order chi connectivity index (χ0) is 12.8. The molecular weight excluding hydrogens is 226 g/mol. The van der Waals surface area contributed by atoms with E-state index in [9.17, 15) is 4.79 Å². The van der Waals surface area contributed by atoms with Crippen LogP contribution in [-0.2, 0) is 4.79 Å². The van der Waals surface area contributed by atoms with Crippen LogP contribution in [0.4, 0.5) is 0 Å². The number of aromatic amines is 1.